The molecule has 7 nitrogen and oxygen atoms in total. The van der Waals surface area contributed by atoms with Crippen LogP contribution >= 0.6 is 12.2 Å². The Bertz CT molecular complexity index is 837. The predicted molar refractivity (Wildman–Crippen MR) is 108 cm³/mol. The molecule has 0 bridgehead atoms. The first-order chi connectivity index (χ1) is 13.0. The van der Waals surface area contributed by atoms with E-state index in [2.05, 4.69) is 14.4 Å². The number of ether oxygens (including phenoxy) is 1. The topological polar surface area (TPSA) is 45.9 Å². The van der Waals surface area contributed by atoms with Crippen molar-refractivity contribution in [1.82, 2.24) is 23.8 Å². The van der Waals surface area contributed by atoms with E-state index in [4.69, 9.17) is 17.0 Å². The molecule has 1 aromatic heterocycles. The van der Waals surface area contributed by atoms with Crippen LogP contribution in [0.15, 0.2) is 36.7 Å². The lowest BCUT2D eigenvalue weighted by atomic mass is 10.3. The van der Waals surface area contributed by atoms with Crippen molar-refractivity contribution in [3.8, 4) is 11.4 Å². The van der Waals surface area contributed by atoms with Crippen molar-refractivity contribution in [3.63, 3.8) is 0 Å². The number of hydrogen-bond donors (Lipinski definition) is 0. The summed E-state index contributed by atoms with van der Waals surface area (Å²) >= 11 is 5.66. The van der Waals surface area contributed by atoms with E-state index in [9.17, 15) is 4.79 Å². The van der Waals surface area contributed by atoms with E-state index >= 15 is 0 Å². The first-order valence-electron chi connectivity index (χ1n) is 9.05. The number of carbonyl (C=O) groups excluding carboxylic acids is 1. The van der Waals surface area contributed by atoms with Crippen LogP contribution in [0.1, 0.15) is 0 Å². The van der Waals surface area contributed by atoms with Crippen LogP contribution in [0.4, 0.5) is 0 Å². The standard InChI is InChI=1S/C19H27N5O2S/c1-20(2)18(25)14-21-7-9-22(10-8-21)15-23-11-12-24(19(23)27)16-5-4-6-17(13-16)26-3/h4-6,11-13H,7-10,14-15H2,1-3H3. The van der Waals surface area contributed by atoms with Gasteiger partial charge in [0.25, 0.3) is 0 Å². The SMILES string of the molecule is COc1cccc(-n2ccn(CN3CCN(CC(=O)N(C)C)CC3)c2=S)c1. The third-order valence-electron chi connectivity index (χ3n) is 4.85. The van der Waals surface area contributed by atoms with E-state index in [0.29, 0.717) is 6.54 Å². The smallest absolute Gasteiger partial charge is 0.236 e. The first kappa shape index (κ1) is 19.6. The minimum absolute atomic E-state index is 0.154. The van der Waals surface area contributed by atoms with Crippen LogP contribution in [0, 0.1) is 4.77 Å². The first-order valence-corrected chi connectivity index (χ1v) is 9.46. The Kier molecular flexibility index (Phi) is 6.30. The average molecular weight is 390 g/mol. The predicted octanol–water partition coefficient (Wildman–Crippen LogP) is 1.68. The van der Waals surface area contributed by atoms with Crippen molar-refractivity contribution in [1.29, 1.82) is 0 Å². The number of carbonyl (C=O) groups is 1. The number of imidazole rings is 1. The Morgan fingerprint density at radius 1 is 1.15 bits per heavy atom. The molecule has 146 valence electrons. The molecule has 0 atom stereocenters. The van der Waals surface area contributed by atoms with Crippen molar-refractivity contribution in [2.45, 2.75) is 6.67 Å². The minimum atomic E-state index is 0.154. The van der Waals surface area contributed by atoms with Gasteiger partial charge in [-0.3, -0.25) is 19.2 Å². The zero-order valence-corrected chi connectivity index (χ0v) is 17.0. The van der Waals surface area contributed by atoms with Crippen LogP contribution in [0.5, 0.6) is 5.75 Å². The normalized spacial score (nSPS) is 15.7. The molecule has 0 radical (unpaired) electrons. The molecule has 0 N–H and O–H groups in total. The second-order valence-electron chi connectivity index (χ2n) is 6.95. The third kappa shape index (κ3) is 4.77. The highest BCUT2D eigenvalue weighted by Gasteiger charge is 2.20. The summed E-state index contributed by atoms with van der Waals surface area (Å²) in [6.45, 7) is 4.88. The third-order valence-corrected chi connectivity index (χ3v) is 5.29. The molecule has 0 aliphatic carbocycles. The molecular weight excluding hydrogens is 362 g/mol. The minimum Gasteiger partial charge on any atom is -0.497 e. The van der Waals surface area contributed by atoms with Gasteiger partial charge in [0, 0.05) is 58.7 Å². The number of piperazine rings is 1. The number of nitrogens with zero attached hydrogens (tertiary/aromatic N) is 5. The van der Waals surface area contributed by atoms with Gasteiger partial charge in [-0.15, -0.1) is 0 Å². The number of benzene rings is 1. The van der Waals surface area contributed by atoms with E-state index in [1.54, 1.807) is 26.1 Å². The van der Waals surface area contributed by atoms with Gasteiger partial charge >= 0.3 is 0 Å². The Morgan fingerprint density at radius 3 is 2.52 bits per heavy atom. The molecule has 0 saturated carbocycles. The number of amides is 1. The molecule has 1 amide bonds. The number of rotatable bonds is 6. The molecule has 1 fully saturated rings. The number of methoxy groups -OCH3 is 1. The number of likely N-dealkylation sites (N-methyl/N-ethyl adjacent to an activating group) is 1. The summed E-state index contributed by atoms with van der Waals surface area (Å²) in [7, 11) is 5.26. The van der Waals surface area contributed by atoms with E-state index in [-0.39, 0.29) is 5.91 Å². The summed E-state index contributed by atoms with van der Waals surface area (Å²) in [5.74, 6) is 0.964. The molecule has 1 aliphatic heterocycles. The summed E-state index contributed by atoms with van der Waals surface area (Å²) in [6, 6.07) is 7.87. The highest BCUT2D eigenvalue weighted by Crippen LogP contribution is 2.17. The van der Waals surface area contributed by atoms with Crippen LogP contribution in [0.3, 0.4) is 0 Å². The lowest BCUT2D eigenvalue weighted by Gasteiger charge is -2.34. The summed E-state index contributed by atoms with van der Waals surface area (Å²) in [4.78, 5) is 18.1. The summed E-state index contributed by atoms with van der Waals surface area (Å²) in [5.41, 5.74) is 0.991. The zero-order valence-electron chi connectivity index (χ0n) is 16.2. The van der Waals surface area contributed by atoms with Crippen LogP contribution in [-0.2, 0) is 11.5 Å². The lowest BCUT2D eigenvalue weighted by Crippen LogP contribution is -2.49. The largest absolute Gasteiger partial charge is 0.497 e. The quantitative estimate of drug-likeness (QED) is 0.704. The van der Waals surface area contributed by atoms with Crippen molar-refractivity contribution < 1.29 is 9.53 Å². The highest BCUT2D eigenvalue weighted by molar-refractivity contribution is 7.71. The van der Waals surface area contributed by atoms with Crippen LogP contribution in [-0.4, -0.2) is 83.7 Å². The van der Waals surface area contributed by atoms with Gasteiger partial charge in [0.05, 0.1) is 26.0 Å². The molecule has 2 heterocycles. The monoisotopic (exact) mass is 389 g/mol. The molecule has 3 rings (SSSR count). The summed E-state index contributed by atoms with van der Waals surface area (Å²) in [5, 5.41) is 0. The van der Waals surface area contributed by atoms with Crippen LogP contribution in [0.2, 0.25) is 0 Å². The molecule has 1 aliphatic rings. The van der Waals surface area contributed by atoms with E-state index in [0.717, 1.165) is 49.1 Å². The zero-order chi connectivity index (χ0) is 19.4. The molecule has 0 unspecified atom stereocenters. The van der Waals surface area contributed by atoms with Gasteiger partial charge in [-0.1, -0.05) is 6.07 Å². The number of aromatic nitrogens is 2. The maximum Gasteiger partial charge on any atom is 0.236 e. The second kappa shape index (κ2) is 8.69. The number of hydrogen-bond acceptors (Lipinski definition) is 5. The maximum atomic E-state index is 11.9. The second-order valence-corrected chi connectivity index (χ2v) is 7.31. The Morgan fingerprint density at radius 2 is 1.85 bits per heavy atom. The van der Waals surface area contributed by atoms with Crippen molar-refractivity contribution in [2.24, 2.45) is 0 Å². The van der Waals surface area contributed by atoms with Crippen molar-refractivity contribution in [3.05, 3.63) is 41.4 Å². The van der Waals surface area contributed by atoms with Gasteiger partial charge in [0.2, 0.25) is 5.91 Å². The lowest BCUT2D eigenvalue weighted by molar-refractivity contribution is -0.130. The average Bonchev–Trinajstić information content (AvgIpc) is 3.03. The van der Waals surface area contributed by atoms with Crippen LogP contribution in [0.25, 0.3) is 5.69 Å². The molecule has 2 aromatic rings. The molecule has 1 aromatic carbocycles. The van der Waals surface area contributed by atoms with Gasteiger partial charge in [0.15, 0.2) is 4.77 Å². The molecule has 1 saturated heterocycles. The maximum absolute atomic E-state index is 11.9. The molecular formula is C19H27N5O2S. The fourth-order valence-corrected chi connectivity index (χ4v) is 3.40. The van der Waals surface area contributed by atoms with Gasteiger partial charge in [-0.2, -0.15) is 0 Å². The van der Waals surface area contributed by atoms with E-state index in [1.807, 2.05) is 41.2 Å². The highest BCUT2D eigenvalue weighted by atomic mass is 32.1. The molecule has 8 heteroatoms. The van der Waals surface area contributed by atoms with Crippen molar-refractivity contribution in [2.75, 3.05) is 53.9 Å². The summed E-state index contributed by atoms with van der Waals surface area (Å²) in [6.07, 6.45) is 4.01. The van der Waals surface area contributed by atoms with Gasteiger partial charge in [-0.25, -0.2) is 0 Å². The van der Waals surface area contributed by atoms with Crippen molar-refractivity contribution >= 4 is 18.1 Å². The Hall–Kier alpha value is -2.16. The molecule has 27 heavy (non-hydrogen) atoms. The fraction of sp³-hybridized carbons (Fsp3) is 0.474. The summed E-state index contributed by atoms with van der Waals surface area (Å²) < 4.78 is 10.1. The fourth-order valence-electron chi connectivity index (χ4n) is 3.11. The van der Waals surface area contributed by atoms with Crippen LogP contribution < -0.4 is 4.74 Å². The molecule has 0 spiro atoms. The van der Waals surface area contributed by atoms with Gasteiger partial charge < -0.3 is 14.2 Å². The Labute approximate surface area is 165 Å². The Balaban J connectivity index is 1.60. The van der Waals surface area contributed by atoms with Gasteiger partial charge in [-0.05, 0) is 24.4 Å². The van der Waals surface area contributed by atoms with E-state index in [1.165, 1.54) is 0 Å². The van der Waals surface area contributed by atoms with Gasteiger partial charge in [0.1, 0.15) is 5.75 Å². The van der Waals surface area contributed by atoms with E-state index < -0.39 is 0 Å².